The molecular weight excluding hydrogens is 270 g/mol. The predicted molar refractivity (Wildman–Crippen MR) is 80.5 cm³/mol. The van der Waals surface area contributed by atoms with Crippen molar-refractivity contribution in [3.05, 3.63) is 18.5 Å². The molecule has 2 rings (SSSR count). The van der Waals surface area contributed by atoms with Crippen LogP contribution in [-0.4, -0.2) is 49.5 Å². The summed E-state index contributed by atoms with van der Waals surface area (Å²) < 4.78 is 1.60. The van der Waals surface area contributed by atoms with Gasteiger partial charge in [-0.25, -0.2) is 4.68 Å². The molecule has 3 N–H and O–H groups in total. The third kappa shape index (κ3) is 4.67. The van der Waals surface area contributed by atoms with Crippen LogP contribution in [0.4, 0.5) is 11.9 Å². The molecule has 0 radical (unpaired) electrons. The van der Waals surface area contributed by atoms with Crippen molar-refractivity contribution in [1.82, 2.24) is 24.7 Å². The smallest absolute Gasteiger partial charge is 0.257 e. The van der Waals surface area contributed by atoms with Gasteiger partial charge >= 0.3 is 0 Å². The Bertz CT molecular complexity index is 529. The summed E-state index contributed by atoms with van der Waals surface area (Å²) >= 11 is 0. The number of aliphatic hydroxyl groups excluding tert-OH is 1. The monoisotopic (exact) mass is 291 g/mol. The highest BCUT2D eigenvalue weighted by atomic mass is 16.2. The SMILES string of the molecule is CCNc1nc(NCCCCCO)nc(-n2cccn2)n1. The van der Waals surface area contributed by atoms with E-state index in [1.807, 2.05) is 13.0 Å². The van der Waals surface area contributed by atoms with Crippen LogP contribution in [0.5, 0.6) is 0 Å². The van der Waals surface area contributed by atoms with Gasteiger partial charge in [-0.2, -0.15) is 20.1 Å². The average molecular weight is 291 g/mol. The lowest BCUT2D eigenvalue weighted by molar-refractivity contribution is 0.283. The molecule has 0 aliphatic carbocycles. The van der Waals surface area contributed by atoms with Gasteiger partial charge < -0.3 is 15.7 Å². The molecule has 0 fully saturated rings. The summed E-state index contributed by atoms with van der Waals surface area (Å²) in [5.41, 5.74) is 0. The van der Waals surface area contributed by atoms with Crippen molar-refractivity contribution >= 4 is 11.9 Å². The third-order valence-electron chi connectivity index (χ3n) is 2.79. The first-order valence-electron chi connectivity index (χ1n) is 7.18. The molecule has 21 heavy (non-hydrogen) atoms. The number of nitrogens with zero attached hydrogens (tertiary/aromatic N) is 5. The molecule has 0 unspecified atom stereocenters. The number of anilines is 2. The van der Waals surface area contributed by atoms with Gasteiger partial charge in [-0.05, 0) is 32.3 Å². The highest BCUT2D eigenvalue weighted by Gasteiger charge is 2.07. The lowest BCUT2D eigenvalue weighted by atomic mass is 10.2. The van der Waals surface area contributed by atoms with E-state index in [1.165, 1.54) is 0 Å². The molecule has 0 aliphatic heterocycles. The van der Waals surface area contributed by atoms with Gasteiger partial charge in [-0.3, -0.25) is 0 Å². The second-order valence-electron chi connectivity index (χ2n) is 4.47. The Labute approximate surface area is 123 Å². The zero-order valence-electron chi connectivity index (χ0n) is 12.2. The molecule has 8 heteroatoms. The van der Waals surface area contributed by atoms with Gasteiger partial charge in [0.1, 0.15) is 0 Å². The van der Waals surface area contributed by atoms with Crippen LogP contribution >= 0.6 is 0 Å². The molecule has 114 valence electrons. The maximum atomic E-state index is 8.75. The Morgan fingerprint density at radius 1 is 1.10 bits per heavy atom. The number of unbranched alkanes of at least 4 members (excludes halogenated alkanes) is 2. The Kier molecular flexibility index (Phi) is 5.89. The topological polar surface area (TPSA) is 101 Å². The van der Waals surface area contributed by atoms with E-state index in [2.05, 4.69) is 30.7 Å². The fraction of sp³-hybridized carbons (Fsp3) is 0.538. The van der Waals surface area contributed by atoms with Crippen LogP contribution < -0.4 is 10.6 Å². The lowest BCUT2D eigenvalue weighted by Gasteiger charge is -2.09. The molecule has 8 nitrogen and oxygen atoms in total. The quantitative estimate of drug-likeness (QED) is 0.594. The van der Waals surface area contributed by atoms with Gasteiger partial charge in [0.25, 0.3) is 5.95 Å². The zero-order valence-corrected chi connectivity index (χ0v) is 12.2. The molecule has 2 aromatic heterocycles. The first-order valence-corrected chi connectivity index (χ1v) is 7.18. The van der Waals surface area contributed by atoms with Gasteiger partial charge in [0.2, 0.25) is 11.9 Å². The van der Waals surface area contributed by atoms with Crippen molar-refractivity contribution in [3.8, 4) is 5.95 Å². The Balaban J connectivity index is 2.05. The summed E-state index contributed by atoms with van der Waals surface area (Å²) in [6, 6.07) is 1.82. The van der Waals surface area contributed by atoms with E-state index >= 15 is 0 Å². The molecule has 2 heterocycles. The highest BCUT2D eigenvalue weighted by Crippen LogP contribution is 2.09. The summed E-state index contributed by atoms with van der Waals surface area (Å²) in [6.45, 7) is 3.71. The standard InChI is InChI=1S/C13H21N7O/c1-2-14-11-17-12(15-7-4-3-5-10-21)19-13(18-11)20-9-6-8-16-20/h6,8-9,21H,2-5,7,10H2,1H3,(H2,14,15,17,18,19). The zero-order chi connectivity index (χ0) is 14.9. The summed E-state index contributed by atoms with van der Waals surface area (Å²) in [6.07, 6.45) is 6.22. The van der Waals surface area contributed by atoms with Crippen LogP contribution in [0, 0.1) is 0 Å². The van der Waals surface area contributed by atoms with Gasteiger partial charge in [0, 0.05) is 32.1 Å². The average Bonchev–Trinajstić information content (AvgIpc) is 3.01. The van der Waals surface area contributed by atoms with Crippen LogP contribution in [0.3, 0.4) is 0 Å². The predicted octanol–water partition coefficient (Wildman–Crippen LogP) is 1.06. The van der Waals surface area contributed by atoms with E-state index in [4.69, 9.17) is 5.11 Å². The fourth-order valence-electron chi connectivity index (χ4n) is 1.78. The molecule has 0 saturated heterocycles. The van der Waals surface area contributed by atoms with E-state index in [0.717, 1.165) is 32.4 Å². The Morgan fingerprint density at radius 3 is 2.57 bits per heavy atom. The third-order valence-corrected chi connectivity index (χ3v) is 2.79. The molecule has 0 amide bonds. The van der Waals surface area contributed by atoms with Crippen LogP contribution in [0.1, 0.15) is 26.2 Å². The van der Waals surface area contributed by atoms with Crippen molar-refractivity contribution in [2.45, 2.75) is 26.2 Å². The van der Waals surface area contributed by atoms with Crippen LogP contribution in [0.2, 0.25) is 0 Å². The number of hydrogen-bond acceptors (Lipinski definition) is 7. The van der Waals surface area contributed by atoms with E-state index in [9.17, 15) is 0 Å². The summed E-state index contributed by atoms with van der Waals surface area (Å²) in [7, 11) is 0. The van der Waals surface area contributed by atoms with Gasteiger partial charge in [0.05, 0.1) is 0 Å². The Hall–Kier alpha value is -2.22. The minimum atomic E-state index is 0.236. The summed E-state index contributed by atoms with van der Waals surface area (Å²) in [5.74, 6) is 1.52. The normalized spacial score (nSPS) is 10.6. The van der Waals surface area contributed by atoms with E-state index in [0.29, 0.717) is 17.8 Å². The second kappa shape index (κ2) is 8.15. The van der Waals surface area contributed by atoms with Crippen molar-refractivity contribution in [2.75, 3.05) is 30.3 Å². The number of rotatable bonds is 9. The van der Waals surface area contributed by atoms with E-state index in [-0.39, 0.29) is 6.61 Å². The molecule has 0 atom stereocenters. The summed E-state index contributed by atoms with van der Waals surface area (Å²) in [4.78, 5) is 13.0. The van der Waals surface area contributed by atoms with Crippen LogP contribution in [-0.2, 0) is 0 Å². The van der Waals surface area contributed by atoms with Crippen molar-refractivity contribution in [2.24, 2.45) is 0 Å². The molecule has 0 aromatic carbocycles. The summed E-state index contributed by atoms with van der Waals surface area (Å²) in [5, 5.41) is 19.1. The van der Waals surface area contributed by atoms with Crippen molar-refractivity contribution in [3.63, 3.8) is 0 Å². The molecule has 0 aliphatic rings. The largest absolute Gasteiger partial charge is 0.396 e. The van der Waals surface area contributed by atoms with Crippen molar-refractivity contribution in [1.29, 1.82) is 0 Å². The Morgan fingerprint density at radius 2 is 1.90 bits per heavy atom. The number of aromatic nitrogens is 5. The van der Waals surface area contributed by atoms with Crippen LogP contribution in [0.15, 0.2) is 18.5 Å². The first-order chi connectivity index (χ1) is 10.3. The fourth-order valence-corrected chi connectivity index (χ4v) is 1.78. The van der Waals surface area contributed by atoms with Crippen LogP contribution in [0.25, 0.3) is 5.95 Å². The number of hydrogen-bond donors (Lipinski definition) is 3. The maximum Gasteiger partial charge on any atom is 0.257 e. The molecular formula is C13H21N7O. The van der Waals surface area contributed by atoms with Gasteiger partial charge in [-0.15, -0.1) is 0 Å². The van der Waals surface area contributed by atoms with Gasteiger partial charge in [0.15, 0.2) is 0 Å². The second-order valence-corrected chi connectivity index (χ2v) is 4.47. The van der Waals surface area contributed by atoms with Gasteiger partial charge in [-0.1, -0.05) is 0 Å². The minimum absolute atomic E-state index is 0.236. The minimum Gasteiger partial charge on any atom is -0.396 e. The van der Waals surface area contributed by atoms with E-state index < -0.39 is 0 Å². The number of nitrogens with one attached hydrogen (secondary N) is 2. The van der Waals surface area contributed by atoms with Crippen molar-refractivity contribution < 1.29 is 5.11 Å². The molecule has 0 bridgehead atoms. The molecule has 2 aromatic rings. The molecule has 0 saturated carbocycles. The molecule has 0 spiro atoms. The van der Waals surface area contributed by atoms with E-state index in [1.54, 1.807) is 17.1 Å². The first kappa shape index (κ1) is 15.2. The maximum absolute atomic E-state index is 8.75. The lowest BCUT2D eigenvalue weighted by Crippen LogP contribution is -2.13. The highest BCUT2D eigenvalue weighted by molar-refractivity contribution is 5.37. The number of aliphatic hydroxyl groups is 1.